The van der Waals surface area contributed by atoms with Crippen molar-refractivity contribution in [3.05, 3.63) is 54.1 Å². The lowest BCUT2D eigenvalue weighted by molar-refractivity contribution is -0.117. The Morgan fingerprint density at radius 2 is 1.90 bits per heavy atom. The number of nitrogens with zero attached hydrogens (tertiary/aromatic N) is 1. The van der Waals surface area contributed by atoms with Gasteiger partial charge in [-0.3, -0.25) is 20.4 Å². The van der Waals surface area contributed by atoms with E-state index < -0.39 is 0 Å². The maximum atomic E-state index is 11.9. The molecule has 0 aliphatic carbocycles. The van der Waals surface area contributed by atoms with E-state index in [-0.39, 0.29) is 11.8 Å². The van der Waals surface area contributed by atoms with Gasteiger partial charge in [-0.2, -0.15) is 0 Å². The molecule has 1 aromatic rings. The van der Waals surface area contributed by atoms with Crippen LogP contribution in [0.5, 0.6) is 0 Å². The largest absolute Gasteiger partial charge is 0.378 e. The van der Waals surface area contributed by atoms with Crippen LogP contribution in [-0.4, -0.2) is 25.9 Å². The Bertz CT molecular complexity index is 534. The topological polar surface area (TPSA) is 61.4 Å². The fraction of sp³-hybridized carbons (Fsp3) is 0.200. The van der Waals surface area contributed by atoms with E-state index in [1.165, 1.54) is 6.08 Å². The van der Waals surface area contributed by atoms with E-state index in [0.29, 0.717) is 5.56 Å². The molecule has 2 N–H and O–H groups in total. The molecule has 0 aliphatic rings. The van der Waals surface area contributed by atoms with E-state index >= 15 is 0 Å². The Morgan fingerprint density at radius 3 is 2.55 bits per heavy atom. The second kappa shape index (κ2) is 7.78. The molecule has 0 heterocycles. The Hall–Kier alpha value is -2.56. The average Bonchev–Trinajstić information content (AvgIpc) is 2.45. The summed E-state index contributed by atoms with van der Waals surface area (Å²) < 4.78 is 0. The first kappa shape index (κ1) is 15.5. The van der Waals surface area contributed by atoms with Crippen molar-refractivity contribution in [1.82, 2.24) is 10.9 Å². The van der Waals surface area contributed by atoms with Gasteiger partial charge in [-0.1, -0.05) is 24.3 Å². The summed E-state index contributed by atoms with van der Waals surface area (Å²) in [4.78, 5) is 25.1. The van der Waals surface area contributed by atoms with Crippen LogP contribution in [0.3, 0.4) is 0 Å². The second-order valence-corrected chi connectivity index (χ2v) is 4.27. The molecule has 2 amide bonds. The minimum absolute atomic E-state index is 0.360. The van der Waals surface area contributed by atoms with Crippen LogP contribution in [0.25, 0.3) is 0 Å². The Morgan fingerprint density at radius 1 is 1.15 bits per heavy atom. The van der Waals surface area contributed by atoms with Crippen LogP contribution < -0.4 is 15.8 Å². The third-order valence-electron chi connectivity index (χ3n) is 2.48. The van der Waals surface area contributed by atoms with Crippen LogP contribution in [-0.2, 0) is 4.79 Å². The third kappa shape index (κ3) is 4.97. The fourth-order valence-corrected chi connectivity index (χ4v) is 1.41. The van der Waals surface area contributed by atoms with Gasteiger partial charge in [0.2, 0.25) is 0 Å². The van der Waals surface area contributed by atoms with Crippen molar-refractivity contribution in [3.8, 4) is 0 Å². The van der Waals surface area contributed by atoms with Gasteiger partial charge in [-0.15, -0.1) is 0 Å². The molecule has 5 heteroatoms. The zero-order valence-corrected chi connectivity index (χ0v) is 11.9. The molecule has 0 spiro atoms. The zero-order valence-electron chi connectivity index (χ0n) is 11.9. The number of hydrogen-bond donors (Lipinski definition) is 2. The van der Waals surface area contributed by atoms with Gasteiger partial charge in [0.05, 0.1) is 0 Å². The standard InChI is InChI=1S/C15H19N3O2/c1-4-5-6-10-14(19)16-17-15(20)12-8-7-9-13(11-12)18(2)3/h4-11H,1-3H3,(H,16,19)(H,17,20)/b5-4+,10-6+. The van der Waals surface area contributed by atoms with Crippen LogP contribution in [0.1, 0.15) is 17.3 Å². The summed E-state index contributed by atoms with van der Waals surface area (Å²) in [5, 5.41) is 0. The van der Waals surface area contributed by atoms with E-state index in [0.717, 1.165) is 5.69 Å². The molecule has 0 saturated heterocycles. The number of nitrogens with one attached hydrogen (secondary N) is 2. The monoisotopic (exact) mass is 273 g/mol. The number of hydrogen-bond acceptors (Lipinski definition) is 3. The SMILES string of the molecule is C/C=C/C=C/C(=O)NNC(=O)c1cccc(N(C)C)c1. The van der Waals surface area contributed by atoms with Gasteiger partial charge in [0, 0.05) is 31.4 Å². The zero-order chi connectivity index (χ0) is 15.0. The number of rotatable bonds is 4. The van der Waals surface area contributed by atoms with Gasteiger partial charge in [0.1, 0.15) is 0 Å². The van der Waals surface area contributed by atoms with Crippen molar-refractivity contribution in [2.75, 3.05) is 19.0 Å². The quantitative estimate of drug-likeness (QED) is 0.498. The van der Waals surface area contributed by atoms with Gasteiger partial charge >= 0.3 is 0 Å². The highest BCUT2D eigenvalue weighted by atomic mass is 16.2. The Balaban J connectivity index is 2.59. The number of carbonyl (C=O) groups excluding carboxylic acids is 2. The maximum absolute atomic E-state index is 11.9. The molecule has 106 valence electrons. The summed E-state index contributed by atoms with van der Waals surface area (Å²) in [6, 6.07) is 7.12. The summed E-state index contributed by atoms with van der Waals surface area (Å²) >= 11 is 0. The molecule has 0 unspecified atom stereocenters. The molecular weight excluding hydrogens is 254 g/mol. The number of anilines is 1. The molecule has 0 fully saturated rings. The van der Waals surface area contributed by atoms with E-state index in [2.05, 4.69) is 10.9 Å². The lowest BCUT2D eigenvalue weighted by Crippen LogP contribution is -2.40. The molecule has 5 nitrogen and oxygen atoms in total. The third-order valence-corrected chi connectivity index (χ3v) is 2.48. The minimum Gasteiger partial charge on any atom is -0.378 e. The molecule has 0 bridgehead atoms. The molecule has 0 radical (unpaired) electrons. The lowest BCUT2D eigenvalue weighted by Gasteiger charge is -2.13. The highest BCUT2D eigenvalue weighted by Crippen LogP contribution is 2.12. The van der Waals surface area contributed by atoms with Crippen molar-refractivity contribution in [3.63, 3.8) is 0 Å². The molecule has 20 heavy (non-hydrogen) atoms. The molecule has 0 atom stereocenters. The number of benzene rings is 1. The summed E-state index contributed by atoms with van der Waals surface area (Å²) in [5.74, 6) is -0.748. The fourth-order valence-electron chi connectivity index (χ4n) is 1.41. The molecule has 0 aromatic heterocycles. The summed E-state index contributed by atoms with van der Waals surface area (Å²) in [6.45, 7) is 1.85. The van der Waals surface area contributed by atoms with E-state index in [1.807, 2.05) is 32.0 Å². The van der Waals surface area contributed by atoms with Gasteiger partial charge in [0.25, 0.3) is 11.8 Å². The number of carbonyl (C=O) groups is 2. The smallest absolute Gasteiger partial charge is 0.269 e. The second-order valence-electron chi connectivity index (χ2n) is 4.27. The van der Waals surface area contributed by atoms with Gasteiger partial charge < -0.3 is 4.90 Å². The number of hydrazine groups is 1. The van der Waals surface area contributed by atoms with Crippen molar-refractivity contribution >= 4 is 17.5 Å². The summed E-state index contributed by atoms with van der Waals surface area (Å²) in [5.41, 5.74) is 6.07. The summed E-state index contributed by atoms with van der Waals surface area (Å²) in [6.07, 6.45) is 6.45. The highest BCUT2D eigenvalue weighted by molar-refractivity contribution is 5.97. The summed E-state index contributed by atoms with van der Waals surface area (Å²) in [7, 11) is 3.79. The van der Waals surface area contributed by atoms with Crippen LogP contribution in [0, 0.1) is 0 Å². The van der Waals surface area contributed by atoms with Gasteiger partial charge in [-0.25, -0.2) is 0 Å². The molecule has 1 rings (SSSR count). The number of allylic oxidation sites excluding steroid dienone is 3. The Kier molecular flexibility index (Phi) is 6.03. The van der Waals surface area contributed by atoms with Crippen molar-refractivity contribution in [2.24, 2.45) is 0 Å². The van der Waals surface area contributed by atoms with Crippen molar-refractivity contribution in [2.45, 2.75) is 6.92 Å². The average molecular weight is 273 g/mol. The Labute approximate surface area is 118 Å². The molecular formula is C15H19N3O2. The first-order valence-electron chi connectivity index (χ1n) is 6.21. The number of amides is 2. The normalized spacial score (nSPS) is 10.8. The predicted molar refractivity (Wildman–Crippen MR) is 80.3 cm³/mol. The minimum atomic E-state index is -0.389. The van der Waals surface area contributed by atoms with Crippen molar-refractivity contribution < 1.29 is 9.59 Å². The van der Waals surface area contributed by atoms with Crippen LogP contribution in [0.15, 0.2) is 48.6 Å². The van der Waals surface area contributed by atoms with Gasteiger partial charge in [0.15, 0.2) is 0 Å². The molecule has 0 saturated carbocycles. The maximum Gasteiger partial charge on any atom is 0.269 e. The van der Waals surface area contributed by atoms with Crippen LogP contribution >= 0.6 is 0 Å². The van der Waals surface area contributed by atoms with E-state index in [1.54, 1.807) is 36.4 Å². The lowest BCUT2D eigenvalue weighted by atomic mass is 10.2. The first-order valence-corrected chi connectivity index (χ1v) is 6.21. The van der Waals surface area contributed by atoms with E-state index in [9.17, 15) is 9.59 Å². The van der Waals surface area contributed by atoms with Gasteiger partial charge in [-0.05, 0) is 25.1 Å². The van der Waals surface area contributed by atoms with Crippen LogP contribution in [0.2, 0.25) is 0 Å². The van der Waals surface area contributed by atoms with Crippen molar-refractivity contribution in [1.29, 1.82) is 0 Å². The molecule has 0 aliphatic heterocycles. The van der Waals surface area contributed by atoms with Crippen LogP contribution in [0.4, 0.5) is 5.69 Å². The highest BCUT2D eigenvalue weighted by Gasteiger charge is 2.07. The molecule has 1 aromatic carbocycles. The predicted octanol–water partition coefficient (Wildman–Crippen LogP) is 1.65. The van der Waals surface area contributed by atoms with E-state index in [4.69, 9.17) is 0 Å². The first-order chi connectivity index (χ1) is 9.54.